The first-order valence-corrected chi connectivity index (χ1v) is 10.7. The molecule has 0 bridgehead atoms. The van der Waals surface area contributed by atoms with E-state index in [2.05, 4.69) is 4.98 Å². The van der Waals surface area contributed by atoms with Gasteiger partial charge in [-0.1, -0.05) is 23.7 Å². The van der Waals surface area contributed by atoms with Crippen LogP contribution in [-0.2, 0) is 16.6 Å². The van der Waals surface area contributed by atoms with Crippen molar-refractivity contribution in [1.29, 1.82) is 5.41 Å². The number of sulfonamides is 1. The van der Waals surface area contributed by atoms with Gasteiger partial charge in [-0.15, -0.1) is 0 Å². The molecule has 0 saturated heterocycles. The maximum atomic E-state index is 13.2. The van der Waals surface area contributed by atoms with Gasteiger partial charge in [-0.2, -0.15) is 0 Å². The topological polar surface area (TPSA) is 109 Å². The van der Waals surface area contributed by atoms with Gasteiger partial charge in [-0.3, -0.25) is 10.5 Å². The number of rotatable bonds is 5. The Morgan fingerprint density at radius 3 is 2.61 bits per heavy atom. The zero-order valence-corrected chi connectivity index (χ0v) is 17.2. The number of hydrogen-bond donors (Lipinski definition) is 2. The van der Waals surface area contributed by atoms with Gasteiger partial charge in [0, 0.05) is 11.6 Å². The summed E-state index contributed by atoms with van der Waals surface area (Å²) in [4.78, 5) is 4.02. The largest absolute Gasteiger partial charge is 0.497 e. The van der Waals surface area contributed by atoms with Crippen LogP contribution in [0.5, 0.6) is 5.75 Å². The molecule has 1 heterocycles. The van der Waals surface area contributed by atoms with Crippen molar-refractivity contribution in [2.24, 2.45) is 5.14 Å². The standard InChI is InChI=1S/C18H17ClN4O3S2/c1-26-14-4-2-12(3-5-14)11-23(18(20)27-21)28(24,25)15-6-7-16-13(10-15)8-9-22-17(16)19/h2-10,20H,11,21H2,1H3. The summed E-state index contributed by atoms with van der Waals surface area (Å²) in [5.41, 5.74) is 0.691. The highest BCUT2D eigenvalue weighted by Gasteiger charge is 2.27. The van der Waals surface area contributed by atoms with Gasteiger partial charge >= 0.3 is 0 Å². The van der Waals surface area contributed by atoms with Crippen LogP contribution in [-0.4, -0.2) is 30.0 Å². The van der Waals surface area contributed by atoms with E-state index in [-0.39, 0.29) is 16.6 Å². The molecule has 0 spiro atoms. The highest BCUT2D eigenvalue weighted by Crippen LogP contribution is 2.27. The lowest BCUT2D eigenvalue weighted by Crippen LogP contribution is -2.35. The molecule has 10 heteroatoms. The number of nitrogens with zero attached hydrogens (tertiary/aromatic N) is 2. The second kappa shape index (κ2) is 8.36. The summed E-state index contributed by atoms with van der Waals surface area (Å²) >= 11 is 6.62. The van der Waals surface area contributed by atoms with E-state index in [1.54, 1.807) is 43.5 Å². The van der Waals surface area contributed by atoms with E-state index >= 15 is 0 Å². The van der Waals surface area contributed by atoms with Gasteiger partial charge in [-0.25, -0.2) is 17.7 Å². The van der Waals surface area contributed by atoms with Crippen LogP contribution in [0.3, 0.4) is 0 Å². The summed E-state index contributed by atoms with van der Waals surface area (Å²) in [6.07, 6.45) is 1.51. The molecule has 0 aliphatic rings. The molecule has 0 radical (unpaired) electrons. The number of amidine groups is 1. The van der Waals surface area contributed by atoms with Crippen molar-refractivity contribution >= 4 is 49.5 Å². The molecule has 0 saturated carbocycles. The van der Waals surface area contributed by atoms with Gasteiger partial charge in [-0.05, 0) is 59.3 Å². The third-order valence-electron chi connectivity index (χ3n) is 4.10. The molecule has 0 amide bonds. The molecule has 1 aromatic heterocycles. The fourth-order valence-corrected chi connectivity index (χ4v) is 4.77. The minimum Gasteiger partial charge on any atom is -0.497 e. The fraction of sp³-hybridized carbons (Fsp3) is 0.111. The molecule has 2 aromatic carbocycles. The number of nitrogens with one attached hydrogen (secondary N) is 1. The zero-order valence-electron chi connectivity index (χ0n) is 14.8. The zero-order chi connectivity index (χ0) is 20.3. The summed E-state index contributed by atoms with van der Waals surface area (Å²) in [6, 6.07) is 13.2. The summed E-state index contributed by atoms with van der Waals surface area (Å²) in [6.45, 7) is -0.0372. The van der Waals surface area contributed by atoms with E-state index in [1.807, 2.05) is 0 Å². The van der Waals surface area contributed by atoms with Crippen LogP contribution in [0, 0.1) is 5.41 Å². The van der Waals surface area contributed by atoms with E-state index in [9.17, 15) is 8.42 Å². The number of benzene rings is 2. The second-order valence-electron chi connectivity index (χ2n) is 5.77. The van der Waals surface area contributed by atoms with Crippen molar-refractivity contribution in [3.05, 3.63) is 65.4 Å². The van der Waals surface area contributed by atoms with Crippen molar-refractivity contribution in [3.63, 3.8) is 0 Å². The average molecular weight is 437 g/mol. The molecule has 0 aliphatic heterocycles. The van der Waals surface area contributed by atoms with Gasteiger partial charge in [0.1, 0.15) is 10.9 Å². The molecule has 0 atom stereocenters. The van der Waals surface area contributed by atoms with Crippen molar-refractivity contribution < 1.29 is 13.2 Å². The van der Waals surface area contributed by atoms with Crippen molar-refractivity contribution in [2.45, 2.75) is 11.4 Å². The number of halogens is 1. The lowest BCUT2D eigenvalue weighted by Gasteiger charge is -2.23. The van der Waals surface area contributed by atoms with Gasteiger partial charge in [0.25, 0.3) is 10.0 Å². The Bertz CT molecular complexity index is 1120. The molecule has 3 aromatic rings. The van der Waals surface area contributed by atoms with Gasteiger partial charge in [0.2, 0.25) is 0 Å². The van der Waals surface area contributed by atoms with Gasteiger partial charge in [0.05, 0.1) is 18.6 Å². The lowest BCUT2D eigenvalue weighted by molar-refractivity contribution is 0.414. The van der Waals surface area contributed by atoms with E-state index in [0.29, 0.717) is 39.2 Å². The number of aromatic nitrogens is 1. The van der Waals surface area contributed by atoms with Crippen LogP contribution in [0.1, 0.15) is 5.56 Å². The van der Waals surface area contributed by atoms with Gasteiger partial charge < -0.3 is 4.74 Å². The maximum Gasteiger partial charge on any atom is 0.266 e. The first kappa shape index (κ1) is 20.4. The highest BCUT2D eigenvalue weighted by molar-refractivity contribution is 8.12. The molecule has 3 N–H and O–H groups in total. The van der Waals surface area contributed by atoms with Crippen LogP contribution in [0.2, 0.25) is 5.15 Å². The Kier molecular flexibility index (Phi) is 6.09. The Hall–Kier alpha value is -2.33. The van der Waals surface area contributed by atoms with Gasteiger partial charge in [0.15, 0.2) is 5.17 Å². The van der Waals surface area contributed by atoms with Crippen LogP contribution in [0.25, 0.3) is 10.8 Å². The van der Waals surface area contributed by atoms with Crippen molar-refractivity contribution in [1.82, 2.24) is 9.29 Å². The average Bonchev–Trinajstić information content (AvgIpc) is 2.71. The summed E-state index contributed by atoms with van der Waals surface area (Å²) in [5.74, 6) is 0.654. The van der Waals surface area contributed by atoms with Crippen molar-refractivity contribution in [3.8, 4) is 5.75 Å². The van der Waals surface area contributed by atoms with E-state index in [4.69, 9.17) is 26.9 Å². The predicted molar refractivity (Wildman–Crippen MR) is 112 cm³/mol. The number of ether oxygens (including phenoxy) is 1. The highest BCUT2D eigenvalue weighted by atomic mass is 35.5. The number of pyridine rings is 1. The number of hydrogen-bond acceptors (Lipinski definition) is 7. The van der Waals surface area contributed by atoms with Crippen molar-refractivity contribution in [2.75, 3.05) is 7.11 Å². The molecule has 3 rings (SSSR count). The normalized spacial score (nSPS) is 11.4. The maximum absolute atomic E-state index is 13.2. The molecular weight excluding hydrogens is 420 g/mol. The molecular formula is C18H17ClN4O3S2. The molecule has 0 fully saturated rings. The van der Waals surface area contributed by atoms with E-state index < -0.39 is 10.0 Å². The quantitative estimate of drug-likeness (QED) is 0.273. The molecule has 0 aliphatic carbocycles. The molecule has 0 unspecified atom stereocenters. The summed E-state index contributed by atoms with van der Waals surface area (Å²) < 4.78 is 32.5. The monoisotopic (exact) mass is 436 g/mol. The SMILES string of the molecule is COc1ccc(CN(C(=N)SN)S(=O)(=O)c2ccc3c(Cl)nccc3c2)cc1. The molecule has 28 heavy (non-hydrogen) atoms. The van der Waals surface area contributed by atoms with Crippen LogP contribution >= 0.6 is 23.5 Å². The Balaban J connectivity index is 2.01. The smallest absolute Gasteiger partial charge is 0.266 e. The molecule has 146 valence electrons. The first-order chi connectivity index (χ1) is 13.4. The number of fused-ring (bicyclic) bond motifs is 1. The molecule has 7 nitrogen and oxygen atoms in total. The third-order valence-corrected chi connectivity index (χ3v) is 6.70. The number of nitrogens with two attached hydrogens (primary N) is 1. The lowest BCUT2D eigenvalue weighted by atomic mass is 10.2. The Labute approximate surface area is 172 Å². The van der Waals surface area contributed by atoms with Crippen LogP contribution in [0.4, 0.5) is 0 Å². The minimum absolute atomic E-state index is 0.0366. The van der Waals surface area contributed by atoms with Crippen LogP contribution < -0.4 is 9.88 Å². The van der Waals surface area contributed by atoms with Crippen LogP contribution in [0.15, 0.2) is 59.6 Å². The second-order valence-corrected chi connectivity index (χ2v) is 8.61. The number of methoxy groups -OCH3 is 1. The van der Waals surface area contributed by atoms with E-state index in [1.165, 1.54) is 18.3 Å². The summed E-state index contributed by atoms with van der Waals surface area (Å²) in [5, 5.41) is 14.8. The Morgan fingerprint density at radius 2 is 1.96 bits per heavy atom. The third kappa shape index (κ3) is 4.07. The Morgan fingerprint density at radius 1 is 1.25 bits per heavy atom. The fourth-order valence-electron chi connectivity index (χ4n) is 2.63. The summed E-state index contributed by atoms with van der Waals surface area (Å²) in [7, 11) is -2.47. The minimum atomic E-state index is -4.02. The van der Waals surface area contributed by atoms with E-state index in [0.717, 1.165) is 4.31 Å². The predicted octanol–water partition coefficient (Wildman–Crippen LogP) is 3.63. The first-order valence-electron chi connectivity index (χ1n) is 8.02.